The van der Waals surface area contributed by atoms with E-state index in [4.69, 9.17) is 5.11 Å². The predicted octanol–water partition coefficient (Wildman–Crippen LogP) is 1.68. The molecule has 0 aromatic heterocycles. The minimum Gasteiger partial charge on any atom is -0.480 e. The molecular formula is C12H22N2O3S. The van der Waals surface area contributed by atoms with E-state index in [1.165, 1.54) is 12.8 Å². The van der Waals surface area contributed by atoms with Crippen LogP contribution in [0.5, 0.6) is 0 Å². The second-order valence-corrected chi connectivity index (χ2v) is 6.31. The molecule has 5 nitrogen and oxygen atoms in total. The monoisotopic (exact) mass is 274 g/mol. The van der Waals surface area contributed by atoms with Crippen LogP contribution in [0.25, 0.3) is 0 Å². The molecule has 1 aliphatic heterocycles. The first-order valence-electron chi connectivity index (χ1n) is 6.39. The van der Waals surface area contributed by atoms with Gasteiger partial charge in [-0.25, -0.2) is 9.59 Å². The van der Waals surface area contributed by atoms with Crippen LogP contribution >= 0.6 is 11.8 Å². The number of carboxylic acids is 1. The zero-order valence-electron chi connectivity index (χ0n) is 10.9. The van der Waals surface area contributed by atoms with Gasteiger partial charge in [0.15, 0.2) is 0 Å². The number of carboxylic acid groups (broad SMARTS) is 1. The first-order chi connectivity index (χ1) is 8.50. The maximum atomic E-state index is 11.6. The number of rotatable bonds is 5. The lowest BCUT2D eigenvalue weighted by molar-refractivity contribution is -0.140. The van der Waals surface area contributed by atoms with Crippen molar-refractivity contribution >= 4 is 23.8 Å². The van der Waals surface area contributed by atoms with Gasteiger partial charge in [-0.15, -0.1) is 0 Å². The molecule has 0 aromatic carbocycles. The van der Waals surface area contributed by atoms with Crippen molar-refractivity contribution < 1.29 is 14.7 Å². The van der Waals surface area contributed by atoms with E-state index >= 15 is 0 Å². The maximum absolute atomic E-state index is 11.6. The molecule has 1 heterocycles. The highest BCUT2D eigenvalue weighted by molar-refractivity contribution is 7.99. The summed E-state index contributed by atoms with van der Waals surface area (Å²) in [4.78, 5) is 22.5. The Morgan fingerprint density at radius 3 is 2.61 bits per heavy atom. The van der Waals surface area contributed by atoms with Gasteiger partial charge in [0, 0.05) is 11.8 Å². The van der Waals surface area contributed by atoms with Crippen LogP contribution in [0.2, 0.25) is 0 Å². The Morgan fingerprint density at radius 1 is 1.39 bits per heavy atom. The SMILES string of the molecule is CC(C)[C@@H](NC(=O)NCC1CCCCS1)C(=O)O. The molecule has 1 saturated heterocycles. The van der Waals surface area contributed by atoms with Crippen molar-refractivity contribution in [1.82, 2.24) is 10.6 Å². The fourth-order valence-corrected chi connectivity index (χ4v) is 3.12. The minimum atomic E-state index is -0.993. The number of urea groups is 1. The van der Waals surface area contributed by atoms with Gasteiger partial charge in [-0.2, -0.15) is 11.8 Å². The number of amides is 2. The van der Waals surface area contributed by atoms with Gasteiger partial charge >= 0.3 is 12.0 Å². The van der Waals surface area contributed by atoms with Crippen LogP contribution < -0.4 is 10.6 Å². The van der Waals surface area contributed by atoms with Gasteiger partial charge in [0.2, 0.25) is 0 Å². The molecule has 2 amide bonds. The Labute approximate surface area is 112 Å². The van der Waals surface area contributed by atoms with E-state index in [9.17, 15) is 9.59 Å². The van der Waals surface area contributed by atoms with Crippen molar-refractivity contribution in [2.24, 2.45) is 5.92 Å². The van der Waals surface area contributed by atoms with Crippen molar-refractivity contribution in [3.05, 3.63) is 0 Å². The second kappa shape index (κ2) is 7.51. The van der Waals surface area contributed by atoms with Gasteiger partial charge in [-0.05, 0) is 24.5 Å². The van der Waals surface area contributed by atoms with E-state index in [2.05, 4.69) is 10.6 Å². The summed E-state index contributed by atoms with van der Waals surface area (Å²) >= 11 is 1.88. The summed E-state index contributed by atoms with van der Waals surface area (Å²) in [5.74, 6) is 0.0297. The molecule has 0 bridgehead atoms. The van der Waals surface area contributed by atoms with Gasteiger partial charge in [-0.1, -0.05) is 20.3 Å². The lowest BCUT2D eigenvalue weighted by Gasteiger charge is -2.23. The molecule has 1 unspecified atom stereocenters. The quantitative estimate of drug-likeness (QED) is 0.713. The first kappa shape index (κ1) is 15.1. The Balaban J connectivity index is 2.29. The van der Waals surface area contributed by atoms with E-state index in [0.717, 1.165) is 12.2 Å². The van der Waals surface area contributed by atoms with Crippen LogP contribution in [0, 0.1) is 5.92 Å². The van der Waals surface area contributed by atoms with Crippen molar-refractivity contribution in [2.45, 2.75) is 44.4 Å². The Hall–Kier alpha value is -0.910. The van der Waals surface area contributed by atoms with Crippen LogP contribution in [-0.4, -0.2) is 40.7 Å². The molecular weight excluding hydrogens is 252 g/mol. The van der Waals surface area contributed by atoms with Crippen LogP contribution in [0.3, 0.4) is 0 Å². The van der Waals surface area contributed by atoms with Gasteiger partial charge in [0.25, 0.3) is 0 Å². The van der Waals surface area contributed by atoms with E-state index in [1.54, 1.807) is 13.8 Å². The molecule has 0 aliphatic carbocycles. The molecule has 1 fully saturated rings. The largest absolute Gasteiger partial charge is 0.480 e. The van der Waals surface area contributed by atoms with Crippen molar-refractivity contribution in [3.8, 4) is 0 Å². The molecule has 104 valence electrons. The zero-order chi connectivity index (χ0) is 13.5. The van der Waals surface area contributed by atoms with Crippen LogP contribution in [-0.2, 0) is 4.79 Å². The highest BCUT2D eigenvalue weighted by atomic mass is 32.2. The number of hydrogen-bond acceptors (Lipinski definition) is 3. The Morgan fingerprint density at radius 2 is 2.11 bits per heavy atom. The summed E-state index contributed by atoms with van der Waals surface area (Å²) in [7, 11) is 0. The van der Waals surface area contributed by atoms with E-state index in [1.807, 2.05) is 11.8 Å². The number of hydrogen-bond donors (Lipinski definition) is 3. The van der Waals surface area contributed by atoms with Crippen LogP contribution in [0.1, 0.15) is 33.1 Å². The molecule has 0 saturated carbocycles. The molecule has 0 radical (unpaired) electrons. The average Bonchev–Trinajstić information content (AvgIpc) is 2.34. The third-order valence-corrected chi connectivity index (χ3v) is 4.38. The third-order valence-electron chi connectivity index (χ3n) is 2.98. The summed E-state index contributed by atoms with van der Waals surface area (Å²) in [5, 5.41) is 14.7. The fraction of sp³-hybridized carbons (Fsp3) is 0.833. The lowest BCUT2D eigenvalue weighted by Crippen LogP contribution is -2.49. The molecule has 0 spiro atoms. The van der Waals surface area contributed by atoms with Crippen LogP contribution in [0.15, 0.2) is 0 Å². The number of carbonyl (C=O) groups excluding carboxylic acids is 1. The third kappa shape index (κ3) is 5.16. The number of aliphatic carboxylic acids is 1. The van der Waals surface area contributed by atoms with Gasteiger partial charge < -0.3 is 15.7 Å². The summed E-state index contributed by atoms with van der Waals surface area (Å²) in [6, 6.07) is -1.22. The second-order valence-electron chi connectivity index (χ2n) is 4.90. The molecule has 1 aliphatic rings. The maximum Gasteiger partial charge on any atom is 0.326 e. The summed E-state index contributed by atoms with van der Waals surface area (Å²) < 4.78 is 0. The van der Waals surface area contributed by atoms with E-state index < -0.39 is 12.0 Å². The lowest BCUT2D eigenvalue weighted by atomic mass is 10.1. The van der Waals surface area contributed by atoms with E-state index in [-0.39, 0.29) is 11.9 Å². The number of nitrogens with one attached hydrogen (secondary N) is 2. The molecule has 2 atom stereocenters. The molecule has 3 N–H and O–H groups in total. The van der Waals surface area contributed by atoms with Gasteiger partial charge in [-0.3, -0.25) is 0 Å². The average molecular weight is 274 g/mol. The van der Waals surface area contributed by atoms with Crippen molar-refractivity contribution in [2.75, 3.05) is 12.3 Å². The van der Waals surface area contributed by atoms with E-state index in [0.29, 0.717) is 11.8 Å². The Kier molecular flexibility index (Phi) is 6.32. The van der Waals surface area contributed by atoms with Crippen molar-refractivity contribution in [1.29, 1.82) is 0 Å². The molecule has 1 rings (SSSR count). The van der Waals surface area contributed by atoms with Crippen LogP contribution in [0.4, 0.5) is 4.79 Å². The standard InChI is InChI=1S/C12H22N2O3S/c1-8(2)10(11(15)16)14-12(17)13-7-9-5-3-4-6-18-9/h8-10H,3-7H2,1-2H3,(H,15,16)(H2,13,14,17)/t9?,10-/m1/s1. The van der Waals surface area contributed by atoms with Gasteiger partial charge in [0.1, 0.15) is 6.04 Å². The van der Waals surface area contributed by atoms with Gasteiger partial charge in [0.05, 0.1) is 0 Å². The first-order valence-corrected chi connectivity index (χ1v) is 7.44. The highest BCUT2D eigenvalue weighted by Crippen LogP contribution is 2.24. The Bertz CT molecular complexity index is 291. The normalized spacial score (nSPS) is 21.4. The summed E-state index contributed by atoms with van der Waals surface area (Å²) in [6.45, 7) is 4.16. The molecule has 18 heavy (non-hydrogen) atoms. The fourth-order valence-electron chi connectivity index (χ4n) is 1.88. The summed E-state index contributed by atoms with van der Waals surface area (Å²) in [6.07, 6.45) is 3.59. The topological polar surface area (TPSA) is 78.4 Å². The summed E-state index contributed by atoms with van der Waals surface area (Å²) in [5.41, 5.74) is 0. The minimum absolute atomic E-state index is 0.127. The predicted molar refractivity (Wildman–Crippen MR) is 72.9 cm³/mol. The smallest absolute Gasteiger partial charge is 0.326 e. The highest BCUT2D eigenvalue weighted by Gasteiger charge is 2.23. The number of thioether (sulfide) groups is 1. The zero-order valence-corrected chi connectivity index (χ0v) is 11.8. The number of carbonyl (C=O) groups is 2. The molecule has 0 aromatic rings. The van der Waals surface area contributed by atoms with Crippen molar-refractivity contribution in [3.63, 3.8) is 0 Å². The molecule has 6 heteroatoms.